The van der Waals surface area contributed by atoms with Crippen molar-refractivity contribution < 1.29 is 9.13 Å². The molecule has 2 aromatic heterocycles. The predicted octanol–water partition coefficient (Wildman–Crippen LogP) is 2.47. The number of halogens is 1. The molecule has 0 atom stereocenters. The molecule has 2 heterocycles. The largest absolute Gasteiger partial charge is 0.494 e. The second kappa shape index (κ2) is 6.34. The fourth-order valence-corrected chi connectivity index (χ4v) is 2.10. The maximum absolute atomic E-state index is 12.8. The Labute approximate surface area is 125 Å². The number of pyridine rings is 1. The number of nitrogens with zero attached hydrogens (tertiary/aromatic N) is 2. The Bertz CT molecular complexity index is 831. The number of hydrogen-bond donors (Lipinski definition) is 1. The van der Waals surface area contributed by atoms with E-state index in [1.165, 1.54) is 12.1 Å². The molecule has 112 valence electrons. The third kappa shape index (κ3) is 3.28. The monoisotopic (exact) mass is 299 g/mol. The lowest BCUT2D eigenvalue weighted by molar-refractivity contribution is 0.309. The summed E-state index contributed by atoms with van der Waals surface area (Å²) < 4.78 is 18.3. The SMILES string of the molecule is O=c1[nH]c(CCCOc2ccc(F)cc2)nc2ncccc12. The number of H-pyrrole nitrogens is 1. The van der Waals surface area contributed by atoms with Crippen LogP contribution >= 0.6 is 0 Å². The highest BCUT2D eigenvalue weighted by Crippen LogP contribution is 2.11. The third-order valence-electron chi connectivity index (χ3n) is 3.17. The van der Waals surface area contributed by atoms with Crippen molar-refractivity contribution in [3.05, 3.63) is 64.6 Å². The highest BCUT2D eigenvalue weighted by Gasteiger charge is 2.04. The lowest BCUT2D eigenvalue weighted by Crippen LogP contribution is -2.13. The van der Waals surface area contributed by atoms with E-state index in [2.05, 4.69) is 15.0 Å². The molecule has 0 saturated carbocycles. The van der Waals surface area contributed by atoms with E-state index in [1.807, 2.05) is 0 Å². The summed E-state index contributed by atoms with van der Waals surface area (Å²) in [7, 11) is 0. The zero-order valence-corrected chi connectivity index (χ0v) is 11.8. The van der Waals surface area contributed by atoms with Gasteiger partial charge in [0.1, 0.15) is 17.4 Å². The lowest BCUT2D eigenvalue weighted by atomic mass is 10.3. The maximum Gasteiger partial charge on any atom is 0.260 e. The Kier molecular flexibility index (Phi) is 4.09. The Morgan fingerprint density at radius 2 is 2.00 bits per heavy atom. The van der Waals surface area contributed by atoms with Gasteiger partial charge in [-0.3, -0.25) is 4.79 Å². The van der Waals surface area contributed by atoms with E-state index >= 15 is 0 Å². The first-order valence-electron chi connectivity index (χ1n) is 6.95. The zero-order chi connectivity index (χ0) is 15.4. The molecule has 0 bridgehead atoms. The second-order valence-corrected chi connectivity index (χ2v) is 4.79. The number of nitrogens with one attached hydrogen (secondary N) is 1. The Hall–Kier alpha value is -2.76. The molecule has 3 rings (SSSR count). The number of aromatic amines is 1. The molecule has 0 saturated heterocycles. The van der Waals surface area contributed by atoms with Crippen molar-refractivity contribution in [2.45, 2.75) is 12.8 Å². The van der Waals surface area contributed by atoms with Crippen LogP contribution in [-0.2, 0) is 6.42 Å². The van der Waals surface area contributed by atoms with Crippen molar-refractivity contribution in [3.8, 4) is 5.75 Å². The molecule has 0 fully saturated rings. The van der Waals surface area contributed by atoms with E-state index in [9.17, 15) is 9.18 Å². The van der Waals surface area contributed by atoms with Gasteiger partial charge in [0, 0.05) is 12.6 Å². The molecule has 1 aromatic carbocycles. The Morgan fingerprint density at radius 3 is 2.82 bits per heavy atom. The van der Waals surface area contributed by atoms with Crippen LogP contribution in [0.4, 0.5) is 4.39 Å². The van der Waals surface area contributed by atoms with Crippen molar-refractivity contribution >= 4 is 11.0 Å². The van der Waals surface area contributed by atoms with Crippen LogP contribution in [0.1, 0.15) is 12.2 Å². The van der Waals surface area contributed by atoms with Gasteiger partial charge in [0.25, 0.3) is 5.56 Å². The first-order valence-corrected chi connectivity index (χ1v) is 6.95. The summed E-state index contributed by atoms with van der Waals surface area (Å²) in [6.45, 7) is 0.454. The van der Waals surface area contributed by atoms with Gasteiger partial charge >= 0.3 is 0 Å². The molecule has 1 N–H and O–H groups in total. The molecule has 0 aliphatic rings. The molecule has 0 aliphatic carbocycles. The number of ether oxygens (including phenoxy) is 1. The van der Waals surface area contributed by atoms with Crippen LogP contribution in [0.25, 0.3) is 11.0 Å². The molecule has 6 heteroatoms. The van der Waals surface area contributed by atoms with E-state index in [1.54, 1.807) is 30.5 Å². The predicted molar refractivity (Wildman–Crippen MR) is 80.4 cm³/mol. The summed E-state index contributed by atoms with van der Waals surface area (Å²) in [5.74, 6) is 0.903. The minimum atomic E-state index is -0.294. The fourth-order valence-electron chi connectivity index (χ4n) is 2.10. The number of aromatic nitrogens is 3. The molecule has 22 heavy (non-hydrogen) atoms. The van der Waals surface area contributed by atoms with Gasteiger partial charge in [-0.15, -0.1) is 0 Å². The summed E-state index contributed by atoms with van der Waals surface area (Å²) in [5.41, 5.74) is 0.258. The molecule has 0 aliphatic heterocycles. The maximum atomic E-state index is 12.8. The molecule has 0 amide bonds. The van der Waals surface area contributed by atoms with Gasteiger partial charge in [-0.25, -0.2) is 14.4 Å². The second-order valence-electron chi connectivity index (χ2n) is 4.79. The van der Waals surface area contributed by atoms with Crippen LogP contribution in [0.3, 0.4) is 0 Å². The molecule has 5 nitrogen and oxygen atoms in total. The number of aryl methyl sites for hydroxylation is 1. The van der Waals surface area contributed by atoms with Gasteiger partial charge < -0.3 is 9.72 Å². The summed E-state index contributed by atoms with van der Waals surface area (Å²) >= 11 is 0. The summed E-state index contributed by atoms with van der Waals surface area (Å²) in [4.78, 5) is 23.0. The van der Waals surface area contributed by atoms with Crippen LogP contribution < -0.4 is 10.3 Å². The van der Waals surface area contributed by atoms with E-state index < -0.39 is 0 Å². The molecule has 3 aromatic rings. The van der Waals surface area contributed by atoms with E-state index in [4.69, 9.17) is 4.74 Å². The molecule has 0 spiro atoms. The lowest BCUT2D eigenvalue weighted by Gasteiger charge is -2.06. The smallest absolute Gasteiger partial charge is 0.260 e. The number of fused-ring (bicyclic) bond motifs is 1. The quantitative estimate of drug-likeness (QED) is 0.735. The zero-order valence-electron chi connectivity index (χ0n) is 11.8. The Morgan fingerprint density at radius 1 is 1.18 bits per heavy atom. The highest BCUT2D eigenvalue weighted by molar-refractivity contribution is 5.72. The first-order chi connectivity index (χ1) is 10.7. The topological polar surface area (TPSA) is 67.9 Å². The normalized spacial score (nSPS) is 10.8. The summed E-state index contributed by atoms with van der Waals surface area (Å²) in [5, 5.41) is 0.480. The first kappa shape index (κ1) is 14.2. The van der Waals surface area contributed by atoms with Crippen LogP contribution in [-0.4, -0.2) is 21.6 Å². The van der Waals surface area contributed by atoms with Gasteiger partial charge in [-0.2, -0.15) is 0 Å². The summed E-state index contributed by atoms with van der Waals surface area (Å²) in [6, 6.07) is 9.25. The van der Waals surface area contributed by atoms with Crippen molar-refractivity contribution in [1.82, 2.24) is 15.0 Å². The molecular weight excluding hydrogens is 285 g/mol. The standard InChI is InChI=1S/C16H14FN3O2/c17-11-5-7-12(8-6-11)22-10-2-4-14-19-15-13(16(21)20-14)3-1-9-18-15/h1,3,5-9H,2,4,10H2,(H,18,19,20,21). The fraction of sp³-hybridized carbons (Fsp3) is 0.188. The number of hydrogen-bond acceptors (Lipinski definition) is 4. The summed E-state index contributed by atoms with van der Waals surface area (Å²) in [6.07, 6.45) is 2.86. The molecule has 0 radical (unpaired) electrons. The van der Waals surface area contributed by atoms with Crippen LogP contribution in [0.15, 0.2) is 47.4 Å². The van der Waals surface area contributed by atoms with E-state index in [-0.39, 0.29) is 11.4 Å². The molecule has 0 unspecified atom stereocenters. The average molecular weight is 299 g/mol. The van der Waals surface area contributed by atoms with Crippen LogP contribution in [0.5, 0.6) is 5.75 Å². The van der Waals surface area contributed by atoms with Gasteiger partial charge in [0.2, 0.25) is 0 Å². The Balaban J connectivity index is 1.60. The highest BCUT2D eigenvalue weighted by atomic mass is 19.1. The minimum Gasteiger partial charge on any atom is -0.494 e. The average Bonchev–Trinajstić information content (AvgIpc) is 2.53. The third-order valence-corrected chi connectivity index (χ3v) is 3.17. The van der Waals surface area contributed by atoms with Gasteiger partial charge in [0.05, 0.1) is 12.0 Å². The van der Waals surface area contributed by atoms with Gasteiger partial charge in [0.15, 0.2) is 5.65 Å². The van der Waals surface area contributed by atoms with Crippen molar-refractivity contribution in [2.75, 3.05) is 6.61 Å². The van der Waals surface area contributed by atoms with Gasteiger partial charge in [-0.05, 0) is 42.8 Å². The number of benzene rings is 1. The van der Waals surface area contributed by atoms with Crippen molar-refractivity contribution in [2.24, 2.45) is 0 Å². The van der Waals surface area contributed by atoms with E-state index in [0.29, 0.717) is 42.1 Å². The van der Waals surface area contributed by atoms with Crippen LogP contribution in [0, 0.1) is 5.82 Å². The number of rotatable bonds is 5. The van der Waals surface area contributed by atoms with Crippen molar-refractivity contribution in [3.63, 3.8) is 0 Å². The van der Waals surface area contributed by atoms with Crippen LogP contribution in [0.2, 0.25) is 0 Å². The van der Waals surface area contributed by atoms with E-state index in [0.717, 1.165) is 0 Å². The minimum absolute atomic E-state index is 0.187. The van der Waals surface area contributed by atoms with Gasteiger partial charge in [-0.1, -0.05) is 0 Å². The van der Waals surface area contributed by atoms with Crippen molar-refractivity contribution in [1.29, 1.82) is 0 Å². The molecular formula is C16H14FN3O2.